The number of esters is 1. The number of allylic oxidation sites excluding steroid dienone is 3. The van der Waals surface area contributed by atoms with E-state index in [4.69, 9.17) is 17.4 Å². The zero-order chi connectivity index (χ0) is 20.3. The van der Waals surface area contributed by atoms with Gasteiger partial charge in [-0.25, -0.2) is 4.79 Å². The molecule has 0 aliphatic carbocycles. The standard InChI is InChI=1S/C24H27NO2S/c1-15(18-9-6-5-7-10-18)13-20-19(11-8-12-22(20)28)21-14-16(2)25-17(3)23(21)24(26)27-4/h5-12,14-15,21,25,28H,13H2,1-4H3. The van der Waals surface area contributed by atoms with E-state index in [0.29, 0.717) is 11.5 Å². The molecule has 28 heavy (non-hydrogen) atoms. The predicted molar refractivity (Wildman–Crippen MR) is 117 cm³/mol. The van der Waals surface area contributed by atoms with Crippen LogP contribution in [-0.2, 0) is 16.0 Å². The summed E-state index contributed by atoms with van der Waals surface area (Å²) >= 11 is 4.75. The van der Waals surface area contributed by atoms with E-state index in [9.17, 15) is 4.79 Å². The molecule has 0 spiro atoms. The van der Waals surface area contributed by atoms with E-state index in [0.717, 1.165) is 28.3 Å². The molecule has 3 nitrogen and oxygen atoms in total. The maximum absolute atomic E-state index is 12.5. The first-order chi connectivity index (χ1) is 13.4. The molecular formula is C24H27NO2S. The molecule has 1 aliphatic rings. The summed E-state index contributed by atoms with van der Waals surface area (Å²) in [6.07, 6.45) is 2.95. The quantitative estimate of drug-likeness (QED) is 0.531. The molecule has 2 atom stereocenters. The van der Waals surface area contributed by atoms with Crippen molar-refractivity contribution in [3.05, 3.63) is 88.3 Å². The maximum Gasteiger partial charge on any atom is 0.336 e. The Kier molecular flexibility index (Phi) is 6.30. The summed E-state index contributed by atoms with van der Waals surface area (Å²) in [5.74, 6) is -0.115. The van der Waals surface area contributed by atoms with E-state index < -0.39 is 0 Å². The van der Waals surface area contributed by atoms with Crippen molar-refractivity contribution in [2.75, 3.05) is 7.11 Å². The third-order valence-electron chi connectivity index (χ3n) is 5.32. The number of dihydropyridines is 1. The van der Waals surface area contributed by atoms with Crippen molar-refractivity contribution in [3.63, 3.8) is 0 Å². The summed E-state index contributed by atoms with van der Waals surface area (Å²) in [5, 5.41) is 3.27. The summed E-state index contributed by atoms with van der Waals surface area (Å²) in [7, 11) is 1.43. The van der Waals surface area contributed by atoms with E-state index in [2.05, 4.69) is 48.6 Å². The van der Waals surface area contributed by atoms with Gasteiger partial charge in [-0.1, -0.05) is 55.5 Å². The molecule has 4 heteroatoms. The Hall–Kier alpha value is -2.46. The number of methoxy groups -OCH3 is 1. The van der Waals surface area contributed by atoms with Gasteiger partial charge in [0.25, 0.3) is 0 Å². The van der Waals surface area contributed by atoms with Gasteiger partial charge in [-0.3, -0.25) is 0 Å². The SMILES string of the molecule is COC(=O)C1=C(C)NC(C)=CC1c1cccc(S)c1CC(C)c1ccccc1. The first-order valence-corrected chi connectivity index (χ1v) is 9.97. The van der Waals surface area contributed by atoms with Crippen LogP contribution in [0.3, 0.4) is 0 Å². The molecule has 0 saturated carbocycles. The summed E-state index contributed by atoms with van der Waals surface area (Å²) < 4.78 is 5.08. The van der Waals surface area contributed by atoms with Crippen molar-refractivity contribution in [2.45, 2.75) is 43.9 Å². The van der Waals surface area contributed by atoms with Crippen molar-refractivity contribution >= 4 is 18.6 Å². The first-order valence-electron chi connectivity index (χ1n) is 9.52. The fourth-order valence-electron chi connectivity index (χ4n) is 3.92. The molecule has 0 saturated heterocycles. The molecule has 0 amide bonds. The van der Waals surface area contributed by atoms with Gasteiger partial charge in [0.1, 0.15) is 0 Å². The average Bonchev–Trinajstić information content (AvgIpc) is 2.69. The largest absolute Gasteiger partial charge is 0.466 e. The minimum absolute atomic E-state index is 0.154. The van der Waals surface area contributed by atoms with Crippen molar-refractivity contribution in [1.29, 1.82) is 0 Å². The number of carbonyl (C=O) groups is 1. The smallest absolute Gasteiger partial charge is 0.336 e. The van der Waals surface area contributed by atoms with Crippen LogP contribution in [0.5, 0.6) is 0 Å². The number of thiol groups is 1. The Bertz CT molecular complexity index is 931. The summed E-state index contributed by atoms with van der Waals surface area (Å²) in [5.41, 5.74) is 6.09. The molecule has 0 bridgehead atoms. The zero-order valence-corrected chi connectivity index (χ0v) is 17.7. The maximum atomic E-state index is 12.5. The predicted octanol–water partition coefficient (Wildman–Crippen LogP) is 5.36. The van der Waals surface area contributed by atoms with E-state index in [1.54, 1.807) is 0 Å². The Balaban J connectivity index is 2.05. The van der Waals surface area contributed by atoms with Gasteiger partial charge in [0.2, 0.25) is 0 Å². The zero-order valence-electron chi connectivity index (χ0n) is 16.8. The summed E-state index contributed by atoms with van der Waals surface area (Å²) in [6, 6.07) is 16.6. The lowest BCUT2D eigenvalue weighted by Crippen LogP contribution is -2.25. The highest BCUT2D eigenvalue weighted by Crippen LogP contribution is 2.38. The first kappa shape index (κ1) is 20.3. The van der Waals surface area contributed by atoms with Crippen LogP contribution in [0, 0.1) is 0 Å². The van der Waals surface area contributed by atoms with Crippen LogP contribution in [0.25, 0.3) is 0 Å². The Morgan fingerprint density at radius 1 is 1.14 bits per heavy atom. The molecule has 0 fully saturated rings. The van der Waals surface area contributed by atoms with Crippen molar-refractivity contribution in [1.82, 2.24) is 5.32 Å². The summed E-state index contributed by atoms with van der Waals surface area (Å²) in [6.45, 7) is 6.17. The highest BCUT2D eigenvalue weighted by Gasteiger charge is 2.30. The molecule has 0 radical (unpaired) electrons. The number of hydrogen-bond donors (Lipinski definition) is 2. The third kappa shape index (κ3) is 4.17. The fraction of sp³-hybridized carbons (Fsp3) is 0.292. The Morgan fingerprint density at radius 3 is 2.54 bits per heavy atom. The lowest BCUT2D eigenvalue weighted by atomic mass is 9.81. The number of rotatable bonds is 5. The van der Waals surface area contributed by atoms with Gasteiger partial charge in [0, 0.05) is 22.2 Å². The number of hydrogen-bond acceptors (Lipinski definition) is 4. The van der Waals surface area contributed by atoms with E-state index in [-0.39, 0.29) is 11.9 Å². The van der Waals surface area contributed by atoms with Crippen LogP contribution in [0.15, 0.2) is 76.5 Å². The van der Waals surface area contributed by atoms with Crippen LogP contribution in [0.1, 0.15) is 49.3 Å². The van der Waals surface area contributed by atoms with Crippen LogP contribution in [-0.4, -0.2) is 13.1 Å². The van der Waals surface area contributed by atoms with Crippen LogP contribution in [0.2, 0.25) is 0 Å². The van der Waals surface area contributed by atoms with Crippen molar-refractivity contribution in [2.24, 2.45) is 0 Å². The number of benzene rings is 2. The second-order valence-electron chi connectivity index (χ2n) is 7.34. The van der Waals surface area contributed by atoms with Crippen LogP contribution in [0.4, 0.5) is 0 Å². The summed E-state index contributed by atoms with van der Waals surface area (Å²) in [4.78, 5) is 13.5. The van der Waals surface area contributed by atoms with Crippen LogP contribution >= 0.6 is 12.6 Å². The number of carbonyl (C=O) groups excluding carboxylic acids is 1. The van der Waals surface area contributed by atoms with Crippen molar-refractivity contribution in [3.8, 4) is 0 Å². The lowest BCUT2D eigenvalue weighted by molar-refractivity contribution is -0.136. The molecule has 3 rings (SSSR count). The molecule has 1 N–H and O–H groups in total. The Labute approximate surface area is 172 Å². The average molecular weight is 394 g/mol. The third-order valence-corrected chi connectivity index (χ3v) is 5.74. The monoisotopic (exact) mass is 393 g/mol. The van der Waals surface area contributed by atoms with Gasteiger partial charge < -0.3 is 10.1 Å². The van der Waals surface area contributed by atoms with E-state index >= 15 is 0 Å². The van der Waals surface area contributed by atoms with Gasteiger partial charge in [0.15, 0.2) is 0 Å². The van der Waals surface area contributed by atoms with Gasteiger partial charge in [-0.2, -0.15) is 0 Å². The second-order valence-corrected chi connectivity index (χ2v) is 7.83. The molecule has 2 aromatic carbocycles. The molecular weight excluding hydrogens is 366 g/mol. The molecule has 146 valence electrons. The van der Waals surface area contributed by atoms with E-state index in [1.807, 2.05) is 32.0 Å². The Morgan fingerprint density at radius 2 is 1.86 bits per heavy atom. The van der Waals surface area contributed by atoms with Gasteiger partial charge in [-0.15, -0.1) is 12.6 Å². The topological polar surface area (TPSA) is 38.3 Å². The van der Waals surface area contributed by atoms with Gasteiger partial charge >= 0.3 is 5.97 Å². The highest BCUT2D eigenvalue weighted by atomic mass is 32.1. The normalized spacial score (nSPS) is 17.6. The molecule has 1 heterocycles. The molecule has 2 aromatic rings. The fourth-order valence-corrected chi connectivity index (χ4v) is 4.22. The number of ether oxygens (including phenoxy) is 1. The minimum Gasteiger partial charge on any atom is -0.466 e. The number of nitrogens with one attached hydrogen (secondary N) is 1. The lowest BCUT2D eigenvalue weighted by Gasteiger charge is -2.28. The van der Waals surface area contributed by atoms with E-state index in [1.165, 1.54) is 18.2 Å². The molecule has 1 aliphatic heterocycles. The molecule has 2 unspecified atom stereocenters. The second kappa shape index (κ2) is 8.70. The highest BCUT2D eigenvalue weighted by molar-refractivity contribution is 7.80. The minimum atomic E-state index is -0.301. The van der Waals surface area contributed by atoms with Gasteiger partial charge in [0.05, 0.1) is 12.7 Å². The molecule has 0 aromatic heterocycles. The van der Waals surface area contributed by atoms with Crippen LogP contribution < -0.4 is 5.32 Å². The van der Waals surface area contributed by atoms with Gasteiger partial charge in [-0.05, 0) is 48.9 Å². The van der Waals surface area contributed by atoms with Crippen molar-refractivity contribution < 1.29 is 9.53 Å².